The summed E-state index contributed by atoms with van der Waals surface area (Å²) >= 11 is 0. The Kier molecular flexibility index (Phi) is 5.98. The fraction of sp³-hybridized carbons (Fsp3) is 0.722. The third-order valence-electron chi connectivity index (χ3n) is 5.11. The average Bonchev–Trinajstić information content (AvgIpc) is 2.98. The van der Waals surface area contributed by atoms with Crippen LogP contribution in [-0.4, -0.2) is 84.7 Å². The highest BCUT2D eigenvalue weighted by molar-refractivity contribution is 5.92. The Labute approximate surface area is 149 Å². The molecule has 7 heteroatoms. The zero-order valence-corrected chi connectivity index (χ0v) is 15.4. The van der Waals surface area contributed by atoms with Gasteiger partial charge in [0.1, 0.15) is 5.69 Å². The van der Waals surface area contributed by atoms with E-state index in [9.17, 15) is 4.79 Å². The van der Waals surface area contributed by atoms with Gasteiger partial charge in [-0.05, 0) is 33.9 Å². The lowest BCUT2D eigenvalue weighted by Crippen LogP contribution is -2.44. The maximum absolute atomic E-state index is 12.6. The second kappa shape index (κ2) is 8.21. The van der Waals surface area contributed by atoms with E-state index >= 15 is 0 Å². The molecule has 0 spiro atoms. The Bertz CT molecular complexity index is 571. The van der Waals surface area contributed by atoms with Crippen molar-refractivity contribution < 1.29 is 9.53 Å². The molecule has 0 unspecified atom stereocenters. The van der Waals surface area contributed by atoms with Gasteiger partial charge in [0.2, 0.25) is 0 Å². The van der Waals surface area contributed by atoms with Gasteiger partial charge in [-0.2, -0.15) is 0 Å². The van der Waals surface area contributed by atoms with Gasteiger partial charge in [-0.3, -0.25) is 14.7 Å². The number of hydrogen-bond donors (Lipinski definition) is 1. The lowest BCUT2D eigenvalue weighted by atomic mass is 10.0. The Morgan fingerprint density at radius 1 is 1.28 bits per heavy atom. The lowest BCUT2D eigenvalue weighted by Gasteiger charge is -2.31. The molecule has 0 bridgehead atoms. The van der Waals surface area contributed by atoms with E-state index in [-0.39, 0.29) is 11.9 Å². The molecule has 1 amide bonds. The van der Waals surface area contributed by atoms with Crippen molar-refractivity contribution in [2.24, 2.45) is 5.92 Å². The Balaban J connectivity index is 1.65. The summed E-state index contributed by atoms with van der Waals surface area (Å²) in [6, 6.07) is 0.709. The molecule has 0 aromatic carbocycles. The van der Waals surface area contributed by atoms with E-state index in [1.165, 1.54) is 0 Å². The first-order chi connectivity index (χ1) is 12.0. The standard InChI is InChI=1S/C18H29N5O2/c1-13-8-20-16(9-19-13)18(24)21-17-12-23(11-14(17)10-22(2)3)15-4-6-25-7-5-15/h8-9,14-15,17H,4-7,10-12H2,1-3H3,(H,21,24)/t14-,17-/m1/s1. The van der Waals surface area contributed by atoms with Gasteiger partial charge in [-0.15, -0.1) is 0 Å². The topological polar surface area (TPSA) is 70.6 Å². The van der Waals surface area contributed by atoms with Gasteiger partial charge in [0.25, 0.3) is 5.91 Å². The second-order valence-electron chi connectivity index (χ2n) is 7.44. The van der Waals surface area contributed by atoms with Crippen LogP contribution in [0.15, 0.2) is 12.4 Å². The van der Waals surface area contributed by atoms with Gasteiger partial charge in [-0.25, -0.2) is 4.98 Å². The smallest absolute Gasteiger partial charge is 0.271 e. The highest BCUT2D eigenvalue weighted by atomic mass is 16.5. The van der Waals surface area contributed by atoms with E-state index < -0.39 is 0 Å². The molecular weight excluding hydrogens is 318 g/mol. The summed E-state index contributed by atoms with van der Waals surface area (Å²) in [7, 11) is 4.17. The summed E-state index contributed by atoms with van der Waals surface area (Å²) in [6.07, 6.45) is 5.35. The summed E-state index contributed by atoms with van der Waals surface area (Å²) in [6.45, 7) is 6.43. The van der Waals surface area contributed by atoms with Crippen molar-refractivity contribution in [3.05, 3.63) is 23.8 Å². The minimum Gasteiger partial charge on any atom is -0.381 e. The van der Waals surface area contributed by atoms with Gasteiger partial charge in [0, 0.05) is 57.0 Å². The van der Waals surface area contributed by atoms with Crippen LogP contribution in [0.2, 0.25) is 0 Å². The van der Waals surface area contributed by atoms with Crippen LogP contribution in [0.25, 0.3) is 0 Å². The maximum Gasteiger partial charge on any atom is 0.271 e. The van der Waals surface area contributed by atoms with Gasteiger partial charge >= 0.3 is 0 Å². The van der Waals surface area contributed by atoms with Crippen LogP contribution in [0.1, 0.15) is 29.0 Å². The van der Waals surface area contributed by atoms with Crippen LogP contribution in [0, 0.1) is 12.8 Å². The van der Waals surface area contributed by atoms with Gasteiger partial charge in [0.05, 0.1) is 11.9 Å². The zero-order valence-electron chi connectivity index (χ0n) is 15.4. The van der Waals surface area contributed by atoms with E-state index in [1.807, 2.05) is 6.92 Å². The van der Waals surface area contributed by atoms with E-state index in [4.69, 9.17) is 4.74 Å². The molecule has 25 heavy (non-hydrogen) atoms. The van der Waals surface area contributed by atoms with Crippen LogP contribution < -0.4 is 5.32 Å². The number of carbonyl (C=O) groups is 1. The van der Waals surface area contributed by atoms with Crippen LogP contribution in [0.3, 0.4) is 0 Å². The van der Waals surface area contributed by atoms with E-state index in [0.717, 1.165) is 51.4 Å². The van der Waals surface area contributed by atoms with Crippen molar-refractivity contribution in [3.63, 3.8) is 0 Å². The first-order valence-electron chi connectivity index (χ1n) is 9.09. The molecule has 3 heterocycles. The third kappa shape index (κ3) is 4.74. The maximum atomic E-state index is 12.6. The van der Waals surface area contributed by atoms with Crippen molar-refractivity contribution in [2.75, 3.05) is 46.9 Å². The number of carbonyl (C=O) groups excluding carboxylic acids is 1. The third-order valence-corrected chi connectivity index (χ3v) is 5.11. The first-order valence-corrected chi connectivity index (χ1v) is 9.09. The Morgan fingerprint density at radius 3 is 2.68 bits per heavy atom. The number of amides is 1. The number of ether oxygens (including phenoxy) is 1. The largest absolute Gasteiger partial charge is 0.381 e. The highest BCUT2D eigenvalue weighted by Gasteiger charge is 2.37. The number of likely N-dealkylation sites (tertiary alicyclic amines) is 1. The Hall–Kier alpha value is -1.57. The van der Waals surface area contributed by atoms with E-state index in [0.29, 0.717) is 17.7 Å². The van der Waals surface area contributed by atoms with E-state index in [2.05, 4.69) is 39.2 Å². The number of aromatic nitrogens is 2. The fourth-order valence-corrected chi connectivity index (χ4v) is 3.82. The van der Waals surface area contributed by atoms with Crippen molar-refractivity contribution >= 4 is 5.91 Å². The summed E-state index contributed by atoms with van der Waals surface area (Å²) in [4.78, 5) is 25.7. The molecule has 2 aliphatic rings. The molecule has 1 aromatic heterocycles. The number of aryl methyl sites for hydroxylation is 1. The number of hydrogen-bond acceptors (Lipinski definition) is 6. The van der Waals surface area contributed by atoms with E-state index in [1.54, 1.807) is 12.4 Å². The molecule has 7 nitrogen and oxygen atoms in total. The normalized spacial score (nSPS) is 25.4. The van der Waals surface area contributed by atoms with Crippen molar-refractivity contribution in [2.45, 2.75) is 31.8 Å². The van der Waals surface area contributed by atoms with Crippen molar-refractivity contribution in [3.8, 4) is 0 Å². The molecule has 0 radical (unpaired) electrons. The molecule has 1 aromatic rings. The molecule has 2 fully saturated rings. The molecule has 2 atom stereocenters. The quantitative estimate of drug-likeness (QED) is 0.839. The number of nitrogens with one attached hydrogen (secondary N) is 1. The van der Waals surface area contributed by atoms with Crippen molar-refractivity contribution in [1.82, 2.24) is 25.1 Å². The lowest BCUT2D eigenvalue weighted by molar-refractivity contribution is 0.0403. The summed E-state index contributed by atoms with van der Waals surface area (Å²) < 4.78 is 5.49. The molecule has 1 N–H and O–H groups in total. The molecular formula is C18H29N5O2. The van der Waals surface area contributed by atoms with Crippen LogP contribution in [0.4, 0.5) is 0 Å². The minimum absolute atomic E-state index is 0.130. The SMILES string of the molecule is Cc1cnc(C(=O)N[C@@H]2CN(C3CCOCC3)C[C@H]2CN(C)C)cn1. The number of rotatable bonds is 5. The van der Waals surface area contributed by atoms with Crippen molar-refractivity contribution in [1.29, 1.82) is 0 Å². The molecule has 3 rings (SSSR count). The summed E-state index contributed by atoms with van der Waals surface area (Å²) in [5.41, 5.74) is 1.20. The zero-order chi connectivity index (χ0) is 17.8. The summed E-state index contributed by atoms with van der Waals surface area (Å²) in [5.74, 6) is 0.287. The Morgan fingerprint density at radius 2 is 2.04 bits per heavy atom. The van der Waals surface area contributed by atoms with Gasteiger partial charge in [0.15, 0.2) is 0 Å². The second-order valence-corrected chi connectivity index (χ2v) is 7.44. The van der Waals surface area contributed by atoms with Gasteiger partial charge < -0.3 is 15.0 Å². The van der Waals surface area contributed by atoms with Crippen LogP contribution >= 0.6 is 0 Å². The average molecular weight is 347 g/mol. The molecule has 138 valence electrons. The molecule has 2 aliphatic heterocycles. The van der Waals surface area contributed by atoms with Crippen LogP contribution in [0.5, 0.6) is 0 Å². The molecule has 0 aliphatic carbocycles. The summed E-state index contributed by atoms with van der Waals surface area (Å²) in [5, 5.41) is 3.20. The minimum atomic E-state index is -0.130. The first kappa shape index (κ1) is 18.2. The monoisotopic (exact) mass is 347 g/mol. The molecule has 2 saturated heterocycles. The van der Waals surface area contributed by atoms with Crippen LogP contribution in [-0.2, 0) is 4.74 Å². The molecule has 0 saturated carbocycles. The van der Waals surface area contributed by atoms with Gasteiger partial charge in [-0.1, -0.05) is 0 Å². The highest BCUT2D eigenvalue weighted by Crippen LogP contribution is 2.24. The number of nitrogens with zero attached hydrogens (tertiary/aromatic N) is 4. The fourth-order valence-electron chi connectivity index (χ4n) is 3.82. The predicted octanol–water partition coefficient (Wildman–Crippen LogP) is 0.556. The predicted molar refractivity (Wildman–Crippen MR) is 95.5 cm³/mol.